The Labute approximate surface area is 109 Å². The second-order valence-corrected chi connectivity index (χ2v) is 5.37. The van der Waals surface area contributed by atoms with Crippen LogP contribution >= 0.6 is 0 Å². The smallest absolute Gasteiger partial charge is 0.251 e. The number of benzene rings is 1. The Kier molecular flexibility index (Phi) is 3.90. The molecule has 0 unspecified atom stereocenters. The van der Waals surface area contributed by atoms with Gasteiger partial charge in [0.1, 0.15) is 0 Å². The molecule has 0 saturated heterocycles. The van der Waals surface area contributed by atoms with Gasteiger partial charge < -0.3 is 11.1 Å². The molecule has 0 bridgehead atoms. The molecule has 0 spiro atoms. The van der Waals surface area contributed by atoms with Gasteiger partial charge in [-0.3, -0.25) is 4.79 Å². The summed E-state index contributed by atoms with van der Waals surface area (Å²) >= 11 is 0. The Morgan fingerprint density at radius 1 is 1.33 bits per heavy atom. The van der Waals surface area contributed by atoms with E-state index in [4.69, 9.17) is 5.73 Å². The monoisotopic (exact) mass is 246 g/mol. The van der Waals surface area contributed by atoms with Gasteiger partial charge in [0.25, 0.3) is 5.91 Å². The second-order valence-electron chi connectivity index (χ2n) is 5.37. The highest BCUT2D eigenvalue weighted by Gasteiger charge is 2.20. The molecule has 3 nitrogen and oxygen atoms in total. The number of nitrogen functional groups attached to an aromatic ring is 1. The summed E-state index contributed by atoms with van der Waals surface area (Å²) in [7, 11) is 0. The number of aryl methyl sites for hydroxylation is 2. The molecular formula is C15H22N2O. The SMILES string of the molecule is Cc1cc(C)c(C(=O)NCCCC2CC2)cc1N. The quantitative estimate of drug-likeness (QED) is 0.620. The van der Waals surface area contributed by atoms with Crippen molar-refractivity contribution < 1.29 is 4.79 Å². The lowest BCUT2D eigenvalue weighted by Gasteiger charge is -2.10. The summed E-state index contributed by atoms with van der Waals surface area (Å²) in [6, 6.07) is 3.75. The summed E-state index contributed by atoms with van der Waals surface area (Å²) in [5, 5.41) is 2.98. The topological polar surface area (TPSA) is 55.1 Å². The maximum absolute atomic E-state index is 12.0. The Morgan fingerprint density at radius 2 is 2.06 bits per heavy atom. The van der Waals surface area contributed by atoms with Gasteiger partial charge in [0.15, 0.2) is 0 Å². The van der Waals surface area contributed by atoms with Crippen LogP contribution in [0, 0.1) is 19.8 Å². The van der Waals surface area contributed by atoms with Gasteiger partial charge in [0.05, 0.1) is 0 Å². The van der Waals surface area contributed by atoms with E-state index >= 15 is 0 Å². The first kappa shape index (κ1) is 12.9. The molecule has 0 radical (unpaired) electrons. The van der Waals surface area contributed by atoms with Gasteiger partial charge in [-0.25, -0.2) is 0 Å². The van der Waals surface area contributed by atoms with Crippen LogP contribution in [0.2, 0.25) is 0 Å². The summed E-state index contributed by atoms with van der Waals surface area (Å²) in [4.78, 5) is 12.0. The highest BCUT2D eigenvalue weighted by Crippen LogP contribution is 2.33. The molecule has 0 aliphatic heterocycles. The lowest BCUT2D eigenvalue weighted by molar-refractivity contribution is 0.0952. The van der Waals surface area contributed by atoms with E-state index in [1.165, 1.54) is 19.3 Å². The van der Waals surface area contributed by atoms with Crippen molar-refractivity contribution in [2.24, 2.45) is 5.92 Å². The predicted octanol–water partition coefficient (Wildman–Crippen LogP) is 2.81. The third-order valence-electron chi connectivity index (χ3n) is 3.63. The maximum atomic E-state index is 12.0. The highest BCUT2D eigenvalue weighted by atomic mass is 16.1. The van der Waals surface area contributed by atoms with Gasteiger partial charge in [0, 0.05) is 17.8 Å². The average Bonchev–Trinajstić information content (AvgIpc) is 3.13. The van der Waals surface area contributed by atoms with Crippen molar-refractivity contribution in [1.29, 1.82) is 0 Å². The van der Waals surface area contributed by atoms with Crippen molar-refractivity contribution in [1.82, 2.24) is 5.32 Å². The number of nitrogens with two attached hydrogens (primary N) is 1. The first-order valence-electron chi connectivity index (χ1n) is 6.73. The van der Waals surface area contributed by atoms with Crippen molar-refractivity contribution in [2.45, 2.75) is 39.5 Å². The minimum atomic E-state index is -0.00463. The van der Waals surface area contributed by atoms with Crippen molar-refractivity contribution in [2.75, 3.05) is 12.3 Å². The lowest BCUT2D eigenvalue weighted by atomic mass is 10.0. The number of hydrogen-bond donors (Lipinski definition) is 2. The number of rotatable bonds is 5. The molecule has 0 aromatic heterocycles. The van der Waals surface area contributed by atoms with E-state index in [-0.39, 0.29) is 5.91 Å². The summed E-state index contributed by atoms with van der Waals surface area (Å²) < 4.78 is 0. The van der Waals surface area contributed by atoms with Crippen LogP contribution in [0.4, 0.5) is 5.69 Å². The lowest BCUT2D eigenvalue weighted by Crippen LogP contribution is -2.25. The average molecular weight is 246 g/mol. The van der Waals surface area contributed by atoms with E-state index < -0.39 is 0 Å². The zero-order valence-corrected chi connectivity index (χ0v) is 11.3. The van der Waals surface area contributed by atoms with Gasteiger partial charge >= 0.3 is 0 Å². The molecule has 1 aliphatic carbocycles. The van der Waals surface area contributed by atoms with Gasteiger partial charge in [-0.2, -0.15) is 0 Å². The fraction of sp³-hybridized carbons (Fsp3) is 0.533. The summed E-state index contributed by atoms with van der Waals surface area (Å²) in [6.45, 7) is 4.67. The Balaban J connectivity index is 1.88. The van der Waals surface area contributed by atoms with Gasteiger partial charge in [-0.05, 0) is 49.8 Å². The van der Waals surface area contributed by atoms with E-state index in [9.17, 15) is 4.79 Å². The Hall–Kier alpha value is -1.51. The fourth-order valence-electron chi connectivity index (χ4n) is 2.21. The molecule has 98 valence electrons. The number of carbonyl (C=O) groups is 1. The van der Waals surface area contributed by atoms with Crippen molar-refractivity contribution >= 4 is 11.6 Å². The molecule has 1 aromatic rings. The van der Waals surface area contributed by atoms with Crippen LogP contribution in [0.1, 0.15) is 47.2 Å². The normalized spacial score (nSPS) is 14.6. The standard InChI is InChI=1S/C15H22N2O/c1-10-8-11(2)14(16)9-13(10)15(18)17-7-3-4-12-5-6-12/h8-9,12H,3-7,16H2,1-2H3,(H,17,18). The van der Waals surface area contributed by atoms with Crippen LogP contribution in [0.15, 0.2) is 12.1 Å². The molecule has 3 heteroatoms. The minimum absolute atomic E-state index is 0.00463. The fourth-order valence-corrected chi connectivity index (χ4v) is 2.21. The first-order valence-corrected chi connectivity index (χ1v) is 6.73. The highest BCUT2D eigenvalue weighted by molar-refractivity contribution is 5.96. The van der Waals surface area contributed by atoms with E-state index in [0.717, 1.165) is 30.0 Å². The number of amides is 1. The molecule has 0 atom stereocenters. The number of carbonyl (C=O) groups excluding carboxylic acids is 1. The zero-order valence-electron chi connectivity index (χ0n) is 11.3. The molecule has 0 heterocycles. The maximum Gasteiger partial charge on any atom is 0.251 e. The van der Waals surface area contributed by atoms with Crippen LogP contribution < -0.4 is 11.1 Å². The van der Waals surface area contributed by atoms with Crippen LogP contribution in [0.5, 0.6) is 0 Å². The van der Waals surface area contributed by atoms with Crippen LogP contribution in [0.3, 0.4) is 0 Å². The Morgan fingerprint density at radius 3 is 2.72 bits per heavy atom. The zero-order chi connectivity index (χ0) is 13.1. The van der Waals surface area contributed by atoms with Crippen molar-refractivity contribution in [3.8, 4) is 0 Å². The molecular weight excluding hydrogens is 224 g/mol. The molecule has 2 rings (SSSR count). The summed E-state index contributed by atoms with van der Waals surface area (Å²) in [6.07, 6.45) is 5.08. The van der Waals surface area contributed by atoms with E-state index in [1.54, 1.807) is 6.07 Å². The van der Waals surface area contributed by atoms with Gasteiger partial charge in [-0.15, -0.1) is 0 Å². The van der Waals surface area contributed by atoms with E-state index in [2.05, 4.69) is 5.32 Å². The third-order valence-corrected chi connectivity index (χ3v) is 3.63. The molecule has 3 N–H and O–H groups in total. The minimum Gasteiger partial charge on any atom is -0.398 e. The molecule has 1 aromatic carbocycles. The van der Waals surface area contributed by atoms with Gasteiger partial charge in [-0.1, -0.05) is 18.9 Å². The van der Waals surface area contributed by atoms with Crippen LogP contribution in [0.25, 0.3) is 0 Å². The molecule has 1 saturated carbocycles. The van der Waals surface area contributed by atoms with Crippen molar-refractivity contribution in [3.05, 3.63) is 28.8 Å². The molecule has 1 amide bonds. The van der Waals surface area contributed by atoms with E-state index in [0.29, 0.717) is 11.3 Å². The van der Waals surface area contributed by atoms with Crippen LogP contribution in [-0.4, -0.2) is 12.5 Å². The first-order chi connectivity index (χ1) is 8.58. The number of hydrogen-bond acceptors (Lipinski definition) is 2. The molecule has 18 heavy (non-hydrogen) atoms. The molecule has 1 aliphatic rings. The largest absolute Gasteiger partial charge is 0.398 e. The molecule has 1 fully saturated rings. The number of nitrogens with one attached hydrogen (secondary N) is 1. The predicted molar refractivity (Wildman–Crippen MR) is 74.6 cm³/mol. The van der Waals surface area contributed by atoms with Gasteiger partial charge in [0.2, 0.25) is 0 Å². The third kappa shape index (κ3) is 3.25. The second kappa shape index (κ2) is 5.42. The summed E-state index contributed by atoms with van der Waals surface area (Å²) in [5.41, 5.74) is 9.25. The summed E-state index contributed by atoms with van der Waals surface area (Å²) in [5.74, 6) is 0.925. The van der Waals surface area contributed by atoms with Crippen LogP contribution in [-0.2, 0) is 0 Å². The number of anilines is 1. The van der Waals surface area contributed by atoms with Crippen molar-refractivity contribution in [3.63, 3.8) is 0 Å². The van der Waals surface area contributed by atoms with E-state index in [1.807, 2.05) is 19.9 Å². The Bertz CT molecular complexity index is 450.